The number of aliphatic hydroxyl groups is 1. The summed E-state index contributed by atoms with van der Waals surface area (Å²) in [6.07, 6.45) is 4.34. The van der Waals surface area contributed by atoms with Crippen LogP contribution in [0, 0.1) is 11.8 Å². The van der Waals surface area contributed by atoms with Gasteiger partial charge in [-0.2, -0.15) is 0 Å². The van der Waals surface area contributed by atoms with E-state index >= 15 is 0 Å². The van der Waals surface area contributed by atoms with Gasteiger partial charge in [0, 0.05) is 31.6 Å². The Morgan fingerprint density at radius 1 is 1.16 bits per heavy atom. The highest BCUT2D eigenvalue weighted by atomic mass is 32.2. The van der Waals surface area contributed by atoms with Gasteiger partial charge in [0.15, 0.2) is 0 Å². The summed E-state index contributed by atoms with van der Waals surface area (Å²) >= 11 is 0. The smallest absolute Gasteiger partial charge is 0.248 e. The van der Waals surface area contributed by atoms with Gasteiger partial charge >= 0.3 is 0 Å². The van der Waals surface area contributed by atoms with Crippen LogP contribution in [0.3, 0.4) is 0 Å². The van der Waals surface area contributed by atoms with Crippen molar-refractivity contribution in [2.75, 3.05) is 48.7 Å². The van der Waals surface area contributed by atoms with Crippen molar-refractivity contribution in [2.24, 2.45) is 11.8 Å². The number of anilines is 2. The van der Waals surface area contributed by atoms with Gasteiger partial charge in [-0.15, -0.1) is 10.2 Å². The van der Waals surface area contributed by atoms with Gasteiger partial charge in [0.1, 0.15) is 11.6 Å². The molecule has 1 aliphatic heterocycles. The Morgan fingerprint density at radius 2 is 1.89 bits per heavy atom. The lowest BCUT2D eigenvalue weighted by molar-refractivity contribution is 0.300. The van der Waals surface area contributed by atoms with Gasteiger partial charge in [-0.25, -0.2) is 13.4 Å². The molecule has 0 spiro atoms. The third-order valence-electron chi connectivity index (χ3n) is 7.68. The van der Waals surface area contributed by atoms with Gasteiger partial charge in [-0.3, -0.25) is 4.31 Å². The Kier molecular flexibility index (Phi) is 7.69. The highest BCUT2D eigenvalue weighted by molar-refractivity contribution is 7.92. The number of aliphatic hydroxyl groups excluding tert-OH is 1. The molecule has 3 aromatic rings. The molecule has 1 aliphatic carbocycles. The monoisotopic (exact) mass is 540 g/mol. The van der Waals surface area contributed by atoms with Gasteiger partial charge in [0.2, 0.25) is 21.8 Å². The van der Waals surface area contributed by atoms with Crippen molar-refractivity contribution in [1.29, 1.82) is 0 Å². The molecule has 2 unspecified atom stereocenters. The molecule has 204 valence electrons. The second-order valence-corrected chi connectivity index (χ2v) is 12.5. The largest absolute Gasteiger partial charge is 0.419 e. The number of aromatic nitrogens is 3. The van der Waals surface area contributed by atoms with E-state index in [1.165, 1.54) is 12.6 Å². The molecular weight excluding hydrogens is 504 g/mol. The lowest BCUT2D eigenvalue weighted by atomic mass is 9.85. The minimum atomic E-state index is -3.55. The Morgan fingerprint density at radius 3 is 2.58 bits per heavy atom. The predicted molar refractivity (Wildman–Crippen MR) is 147 cm³/mol. The molecule has 2 aliphatic rings. The van der Waals surface area contributed by atoms with E-state index < -0.39 is 10.0 Å². The van der Waals surface area contributed by atoms with Crippen LogP contribution in [-0.4, -0.2) is 68.3 Å². The van der Waals surface area contributed by atoms with E-state index in [1.54, 1.807) is 6.07 Å². The summed E-state index contributed by atoms with van der Waals surface area (Å²) in [5, 5.41) is 22.1. The second kappa shape index (κ2) is 11.0. The minimum Gasteiger partial charge on any atom is -0.419 e. The van der Waals surface area contributed by atoms with Crippen molar-refractivity contribution >= 4 is 21.7 Å². The third kappa shape index (κ3) is 5.84. The number of piperidine rings is 1. The molecule has 1 aromatic carbocycles. The first-order valence-corrected chi connectivity index (χ1v) is 15.0. The normalized spacial score (nSPS) is 23.3. The molecule has 0 radical (unpaired) electrons. The fraction of sp³-hybridized carbons (Fsp3) is 0.519. The summed E-state index contributed by atoms with van der Waals surface area (Å²) in [5.74, 6) is 2.97. The van der Waals surface area contributed by atoms with Crippen LogP contribution in [0.25, 0.3) is 11.5 Å². The summed E-state index contributed by atoms with van der Waals surface area (Å²) in [4.78, 5) is 6.66. The highest BCUT2D eigenvalue weighted by Gasteiger charge is 2.35. The molecule has 38 heavy (non-hydrogen) atoms. The number of hydrogen-bond acceptors (Lipinski definition) is 9. The van der Waals surface area contributed by atoms with E-state index in [1.807, 2.05) is 29.2 Å². The fourth-order valence-corrected chi connectivity index (χ4v) is 5.59. The molecular formula is C27H36N6O4S. The van der Waals surface area contributed by atoms with Gasteiger partial charge in [0.25, 0.3) is 0 Å². The Labute approximate surface area is 224 Å². The number of sulfonamides is 1. The molecule has 10 nitrogen and oxygen atoms in total. The van der Waals surface area contributed by atoms with E-state index in [-0.39, 0.29) is 24.4 Å². The SMILES string of the molecule is C[C@H]1C[C@@H]1CN(CCO)c1cc(-c2nnc(C3NCCCC3c3ccccc3)o2)cc(N(C)S(C)(=O)=O)n1. The summed E-state index contributed by atoms with van der Waals surface area (Å²) in [6, 6.07) is 13.7. The van der Waals surface area contributed by atoms with Crippen molar-refractivity contribution < 1.29 is 17.9 Å². The number of hydrogen-bond donors (Lipinski definition) is 2. The van der Waals surface area contributed by atoms with Crippen LogP contribution in [0.1, 0.15) is 49.6 Å². The van der Waals surface area contributed by atoms with Gasteiger partial charge in [-0.1, -0.05) is 37.3 Å². The molecule has 1 saturated carbocycles. The number of rotatable bonds is 10. The Balaban J connectivity index is 1.51. The summed E-state index contributed by atoms with van der Waals surface area (Å²) in [6.45, 7) is 4.16. The Hall–Kier alpha value is -3.02. The molecule has 4 atom stereocenters. The molecule has 3 heterocycles. The van der Waals surface area contributed by atoms with E-state index in [0.29, 0.717) is 41.5 Å². The van der Waals surface area contributed by atoms with Crippen LogP contribution >= 0.6 is 0 Å². The minimum absolute atomic E-state index is 0.0385. The van der Waals surface area contributed by atoms with Crippen molar-refractivity contribution in [3.05, 3.63) is 53.9 Å². The zero-order chi connectivity index (χ0) is 26.9. The molecule has 5 rings (SSSR count). The van der Waals surface area contributed by atoms with Crippen molar-refractivity contribution in [3.8, 4) is 11.5 Å². The zero-order valence-electron chi connectivity index (χ0n) is 22.1. The number of pyridine rings is 1. The number of nitrogens with zero attached hydrogens (tertiary/aromatic N) is 5. The van der Waals surface area contributed by atoms with Gasteiger partial charge < -0.3 is 19.7 Å². The maximum atomic E-state index is 12.4. The summed E-state index contributed by atoms with van der Waals surface area (Å²) in [7, 11) is -2.08. The molecule has 1 saturated heterocycles. The quantitative estimate of drug-likeness (QED) is 0.399. The maximum absolute atomic E-state index is 12.4. The fourth-order valence-electron chi connectivity index (χ4n) is 5.16. The average Bonchev–Trinajstić information content (AvgIpc) is 3.39. The Bertz CT molecular complexity index is 1350. The first-order valence-electron chi connectivity index (χ1n) is 13.2. The number of benzene rings is 1. The third-order valence-corrected chi connectivity index (χ3v) is 8.87. The predicted octanol–water partition coefficient (Wildman–Crippen LogP) is 3.19. The first-order chi connectivity index (χ1) is 18.2. The van der Waals surface area contributed by atoms with Crippen LogP contribution < -0.4 is 14.5 Å². The van der Waals surface area contributed by atoms with Crippen molar-refractivity contribution in [1.82, 2.24) is 20.5 Å². The summed E-state index contributed by atoms with van der Waals surface area (Å²) in [5.41, 5.74) is 1.81. The lowest BCUT2D eigenvalue weighted by Crippen LogP contribution is -2.33. The maximum Gasteiger partial charge on any atom is 0.248 e. The van der Waals surface area contributed by atoms with Crippen LogP contribution in [0.4, 0.5) is 11.6 Å². The molecule has 0 bridgehead atoms. The molecule has 0 amide bonds. The zero-order valence-corrected chi connectivity index (χ0v) is 22.9. The van der Waals surface area contributed by atoms with Crippen LogP contribution in [0.5, 0.6) is 0 Å². The standard InChI is InChI=1S/C27H36N6O4S/c1-18-14-21(18)17-33(12-13-34)24-16-20(15-23(29-24)32(2)38(3,35)36)26-30-31-27(37-26)25-22(10-7-11-28-25)19-8-5-4-6-9-19/h4-6,8-9,15-16,18,21-22,25,28,34H,7,10-14,17H2,1-3H3/t18-,21+,22?,25?/m0/s1. The second-order valence-electron chi connectivity index (χ2n) is 10.5. The van der Waals surface area contributed by atoms with Crippen molar-refractivity contribution in [3.63, 3.8) is 0 Å². The van der Waals surface area contributed by atoms with E-state index in [9.17, 15) is 13.5 Å². The topological polar surface area (TPSA) is 125 Å². The van der Waals surface area contributed by atoms with E-state index in [4.69, 9.17) is 4.42 Å². The van der Waals surface area contributed by atoms with Crippen LogP contribution in [-0.2, 0) is 10.0 Å². The van der Waals surface area contributed by atoms with Crippen LogP contribution in [0.15, 0.2) is 46.9 Å². The van der Waals surface area contributed by atoms with Gasteiger partial charge in [0.05, 0.1) is 18.9 Å². The van der Waals surface area contributed by atoms with Crippen molar-refractivity contribution in [2.45, 2.75) is 38.1 Å². The van der Waals surface area contributed by atoms with E-state index in [0.717, 1.165) is 42.9 Å². The van der Waals surface area contributed by atoms with Gasteiger partial charge in [-0.05, 0) is 55.3 Å². The lowest BCUT2D eigenvalue weighted by Gasteiger charge is -2.30. The average molecular weight is 541 g/mol. The number of nitrogens with one attached hydrogen (secondary N) is 1. The first kappa shape index (κ1) is 26.6. The molecule has 2 N–H and O–H groups in total. The molecule has 2 aromatic heterocycles. The van der Waals surface area contributed by atoms with Crippen LogP contribution in [0.2, 0.25) is 0 Å². The molecule has 2 fully saturated rings. The highest BCUT2D eigenvalue weighted by Crippen LogP contribution is 2.40. The molecule has 11 heteroatoms. The summed E-state index contributed by atoms with van der Waals surface area (Å²) < 4.78 is 32.1. The van der Waals surface area contributed by atoms with E-state index in [2.05, 4.69) is 39.6 Å².